The van der Waals surface area contributed by atoms with E-state index in [4.69, 9.17) is 9.47 Å². The van der Waals surface area contributed by atoms with Crippen LogP contribution in [0.4, 0.5) is 0 Å². The Balaban J connectivity index is 1.62. The number of benzene rings is 2. The Morgan fingerprint density at radius 2 is 1.92 bits per heavy atom. The number of hydrogen-bond donors (Lipinski definition) is 0. The molecule has 0 aromatic heterocycles. The van der Waals surface area contributed by atoms with Gasteiger partial charge in [0.2, 0.25) is 0 Å². The van der Waals surface area contributed by atoms with E-state index in [0.29, 0.717) is 26.4 Å². The van der Waals surface area contributed by atoms with Crippen LogP contribution in [-0.2, 0) is 27.2 Å². The zero-order chi connectivity index (χ0) is 17.9. The quantitative estimate of drug-likeness (QED) is 0.847. The second-order valence-corrected chi connectivity index (χ2v) is 7.14. The second kappa shape index (κ2) is 7.60. The predicted molar refractivity (Wildman–Crippen MR) is 99.8 cm³/mol. The molecule has 0 saturated carbocycles. The molecular weight excluding hydrogens is 326 g/mol. The molecule has 1 heterocycles. The summed E-state index contributed by atoms with van der Waals surface area (Å²) in [4.78, 5) is 15.3. The summed E-state index contributed by atoms with van der Waals surface area (Å²) < 4.78 is 11.2. The molecule has 0 bridgehead atoms. The summed E-state index contributed by atoms with van der Waals surface area (Å²) in [5.74, 6) is 0.0342. The first-order chi connectivity index (χ1) is 12.7. The van der Waals surface area contributed by atoms with Crippen LogP contribution in [0.5, 0.6) is 0 Å². The average Bonchev–Trinajstić information content (AvgIpc) is 3.12. The van der Waals surface area contributed by atoms with Crippen molar-refractivity contribution in [3.63, 3.8) is 0 Å². The van der Waals surface area contributed by atoms with Crippen molar-refractivity contribution in [3.8, 4) is 0 Å². The van der Waals surface area contributed by atoms with Crippen LogP contribution in [0.1, 0.15) is 34.7 Å². The summed E-state index contributed by atoms with van der Waals surface area (Å²) in [5.41, 5.74) is 4.98. The normalized spacial score (nSPS) is 22.0. The van der Waals surface area contributed by atoms with Gasteiger partial charge in [-0.1, -0.05) is 54.1 Å². The van der Waals surface area contributed by atoms with Gasteiger partial charge in [0, 0.05) is 6.54 Å². The molecule has 1 aliphatic carbocycles. The van der Waals surface area contributed by atoms with E-state index in [1.807, 2.05) is 4.90 Å². The van der Waals surface area contributed by atoms with E-state index >= 15 is 0 Å². The Hall–Kier alpha value is -2.17. The zero-order valence-electron chi connectivity index (χ0n) is 15.2. The van der Waals surface area contributed by atoms with Crippen LogP contribution < -0.4 is 0 Å². The fourth-order valence-corrected chi connectivity index (χ4v) is 3.91. The van der Waals surface area contributed by atoms with Gasteiger partial charge in [0.15, 0.2) is 6.10 Å². The molecular formula is C22H25NO3. The number of carbonyl (C=O) groups excluding carboxylic acids is 1. The van der Waals surface area contributed by atoms with Gasteiger partial charge in [0.05, 0.1) is 25.9 Å². The number of aryl methyl sites for hydroxylation is 2. The van der Waals surface area contributed by atoms with Crippen LogP contribution in [0.25, 0.3) is 0 Å². The zero-order valence-corrected chi connectivity index (χ0v) is 15.2. The van der Waals surface area contributed by atoms with Gasteiger partial charge in [-0.3, -0.25) is 4.79 Å². The number of ether oxygens (including phenoxy) is 2. The Kier molecular flexibility index (Phi) is 5.05. The summed E-state index contributed by atoms with van der Waals surface area (Å²) in [6, 6.07) is 17.0. The SMILES string of the molecule is Cc1ccc(CN(C(=O)[C@@H]2COCCO2)[C@@H]2CCc3ccccc32)cc1. The van der Waals surface area contributed by atoms with E-state index in [1.165, 1.54) is 16.7 Å². The molecule has 2 aromatic rings. The Labute approximate surface area is 154 Å². The largest absolute Gasteiger partial charge is 0.376 e. The number of rotatable bonds is 4. The molecule has 26 heavy (non-hydrogen) atoms. The molecule has 2 aromatic carbocycles. The number of fused-ring (bicyclic) bond motifs is 1. The van der Waals surface area contributed by atoms with Gasteiger partial charge in [-0.15, -0.1) is 0 Å². The van der Waals surface area contributed by atoms with Crippen LogP contribution in [0.2, 0.25) is 0 Å². The van der Waals surface area contributed by atoms with Crippen molar-refractivity contribution in [1.82, 2.24) is 4.90 Å². The van der Waals surface area contributed by atoms with E-state index in [-0.39, 0.29) is 11.9 Å². The third kappa shape index (κ3) is 3.53. The Morgan fingerprint density at radius 1 is 1.12 bits per heavy atom. The molecule has 136 valence electrons. The fourth-order valence-electron chi connectivity index (χ4n) is 3.91. The lowest BCUT2D eigenvalue weighted by molar-refractivity contribution is -0.161. The summed E-state index contributed by atoms with van der Waals surface area (Å²) in [7, 11) is 0. The number of nitrogens with zero attached hydrogens (tertiary/aromatic N) is 1. The second-order valence-electron chi connectivity index (χ2n) is 7.14. The van der Waals surface area contributed by atoms with Gasteiger partial charge in [-0.2, -0.15) is 0 Å². The summed E-state index contributed by atoms with van der Waals surface area (Å²) in [6.45, 7) is 4.06. The van der Waals surface area contributed by atoms with Crippen LogP contribution in [-0.4, -0.2) is 36.7 Å². The maximum absolute atomic E-state index is 13.3. The summed E-state index contributed by atoms with van der Waals surface area (Å²) in [5, 5.41) is 0. The van der Waals surface area contributed by atoms with E-state index < -0.39 is 6.10 Å². The van der Waals surface area contributed by atoms with E-state index in [9.17, 15) is 4.79 Å². The van der Waals surface area contributed by atoms with Gasteiger partial charge >= 0.3 is 0 Å². The third-order valence-electron chi connectivity index (χ3n) is 5.33. The molecule has 0 spiro atoms. The predicted octanol–water partition coefficient (Wildman–Crippen LogP) is 3.43. The van der Waals surface area contributed by atoms with Crippen molar-refractivity contribution in [2.45, 2.75) is 38.5 Å². The molecule has 4 nitrogen and oxygen atoms in total. The lowest BCUT2D eigenvalue weighted by Gasteiger charge is -2.34. The molecule has 0 unspecified atom stereocenters. The van der Waals surface area contributed by atoms with E-state index in [2.05, 4.69) is 55.5 Å². The van der Waals surface area contributed by atoms with Crippen molar-refractivity contribution in [1.29, 1.82) is 0 Å². The maximum Gasteiger partial charge on any atom is 0.254 e. The van der Waals surface area contributed by atoms with E-state index in [0.717, 1.165) is 18.4 Å². The minimum atomic E-state index is -0.498. The van der Waals surface area contributed by atoms with Crippen LogP contribution in [0, 0.1) is 6.92 Å². The molecule has 0 radical (unpaired) electrons. The average molecular weight is 351 g/mol. The van der Waals surface area contributed by atoms with Crippen molar-refractivity contribution in [2.24, 2.45) is 0 Å². The Morgan fingerprint density at radius 3 is 2.69 bits per heavy atom. The molecule has 1 amide bonds. The molecule has 1 saturated heterocycles. The van der Waals surface area contributed by atoms with Crippen molar-refractivity contribution < 1.29 is 14.3 Å². The summed E-state index contributed by atoms with van der Waals surface area (Å²) in [6.07, 6.45) is 1.48. The van der Waals surface area contributed by atoms with Gasteiger partial charge in [0.25, 0.3) is 5.91 Å². The molecule has 1 fully saturated rings. The molecule has 2 aliphatic rings. The lowest BCUT2D eigenvalue weighted by atomic mass is 10.0. The highest BCUT2D eigenvalue weighted by atomic mass is 16.6. The molecule has 0 N–H and O–H groups in total. The van der Waals surface area contributed by atoms with Gasteiger partial charge in [0.1, 0.15) is 0 Å². The standard InChI is InChI=1S/C22H25NO3/c1-16-6-8-17(9-7-16)14-23(22(24)21-15-25-12-13-26-21)20-11-10-18-4-2-3-5-19(18)20/h2-9,20-21H,10-15H2,1H3/t20-,21+/m1/s1. The monoisotopic (exact) mass is 351 g/mol. The molecule has 2 atom stereocenters. The van der Waals surface area contributed by atoms with Crippen LogP contribution in [0.3, 0.4) is 0 Å². The van der Waals surface area contributed by atoms with Crippen molar-refractivity contribution in [2.75, 3.05) is 19.8 Å². The van der Waals surface area contributed by atoms with Crippen molar-refractivity contribution >= 4 is 5.91 Å². The van der Waals surface area contributed by atoms with E-state index in [1.54, 1.807) is 0 Å². The summed E-state index contributed by atoms with van der Waals surface area (Å²) >= 11 is 0. The number of carbonyl (C=O) groups is 1. The molecule has 4 rings (SSSR count). The smallest absolute Gasteiger partial charge is 0.254 e. The highest BCUT2D eigenvalue weighted by Gasteiger charge is 2.35. The highest BCUT2D eigenvalue weighted by Crippen LogP contribution is 2.37. The fraction of sp³-hybridized carbons (Fsp3) is 0.409. The number of amides is 1. The topological polar surface area (TPSA) is 38.8 Å². The van der Waals surface area contributed by atoms with Gasteiger partial charge in [-0.05, 0) is 36.5 Å². The lowest BCUT2D eigenvalue weighted by Crippen LogP contribution is -2.46. The minimum Gasteiger partial charge on any atom is -0.376 e. The first-order valence-corrected chi connectivity index (χ1v) is 9.35. The van der Waals surface area contributed by atoms with Crippen molar-refractivity contribution in [3.05, 3.63) is 70.8 Å². The molecule has 1 aliphatic heterocycles. The molecule has 4 heteroatoms. The highest BCUT2D eigenvalue weighted by molar-refractivity contribution is 5.82. The third-order valence-corrected chi connectivity index (χ3v) is 5.33. The minimum absolute atomic E-state index is 0.0342. The van der Waals surface area contributed by atoms with Crippen LogP contribution >= 0.6 is 0 Å². The number of hydrogen-bond acceptors (Lipinski definition) is 3. The Bertz CT molecular complexity index is 765. The van der Waals surface area contributed by atoms with Gasteiger partial charge in [-0.25, -0.2) is 0 Å². The first kappa shape index (κ1) is 17.3. The first-order valence-electron chi connectivity index (χ1n) is 9.35. The van der Waals surface area contributed by atoms with Crippen LogP contribution in [0.15, 0.2) is 48.5 Å². The van der Waals surface area contributed by atoms with Gasteiger partial charge < -0.3 is 14.4 Å². The maximum atomic E-state index is 13.3.